The molecular weight excluding hydrogens is 242 g/mol. The van der Waals surface area contributed by atoms with E-state index in [1.807, 2.05) is 0 Å². The first-order valence-corrected chi connectivity index (χ1v) is 7.97. The molecule has 0 aromatic heterocycles. The molecule has 1 saturated carbocycles. The lowest BCUT2D eigenvalue weighted by atomic mass is 9.95. The molecule has 3 N–H and O–H groups in total. The van der Waals surface area contributed by atoms with E-state index in [9.17, 15) is 13.5 Å². The van der Waals surface area contributed by atoms with Gasteiger partial charge in [0.15, 0.2) is 0 Å². The minimum absolute atomic E-state index is 0.219. The molecule has 1 unspecified atom stereocenters. The van der Waals surface area contributed by atoms with Crippen molar-refractivity contribution in [1.29, 1.82) is 0 Å². The summed E-state index contributed by atoms with van der Waals surface area (Å²) in [6.07, 6.45) is 6.90. The molecule has 0 heterocycles. The largest absolute Gasteiger partial charge is 0.379 e. The second-order valence-electron chi connectivity index (χ2n) is 4.80. The molecule has 0 aromatic carbocycles. The first-order valence-electron chi connectivity index (χ1n) is 6.36. The van der Waals surface area contributed by atoms with E-state index in [1.54, 1.807) is 0 Å². The third kappa shape index (κ3) is 7.70. The zero-order valence-electron chi connectivity index (χ0n) is 10.1. The van der Waals surface area contributed by atoms with E-state index in [0.717, 1.165) is 12.8 Å². The highest BCUT2D eigenvalue weighted by Gasteiger charge is 2.16. The van der Waals surface area contributed by atoms with Gasteiger partial charge in [-0.05, 0) is 32.1 Å². The Morgan fingerprint density at radius 3 is 2.41 bits per heavy atom. The molecule has 0 bridgehead atoms. The topological polar surface area (TPSA) is 86.6 Å². The summed E-state index contributed by atoms with van der Waals surface area (Å²) in [5, 5.41) is 12.9. The van der Waals surface area contributed by atoms with E-state index < -0.39 is 16.3 Å². The van der Waals surface area contributed by atoms with Crippen LogP contribution in [0, 0.1) is 0 Å². The minimum Gasteiger partial charge on any atom is -0.379 e. The van der Waals surface area contributed by atoms with Crippen LogP contribution in [0.25, 0.3) is 0 Å². The molecule has 0 amide bonds. The van der Waals surface area contributed by atoms with Crippen molar-refractivity contribution in [1.82, 2.24) is 5.32 Å². The average molecular weight is 265 g/mol. The van der Waals surface area contributed by atoms with E-state index >= 15 is 0 Å². The maximum Gasteiger partial charge on any atom is 0.264 e. The van der Waals surface area contributed by atoms with Crippen molar-refractivity contribution in [2.45, 2.75) is 63.6 Å². The van der Waals surface area contributed by atoms with Gasteiger partial charge in [-0.1, -0.05) is 19.3 Å². The van der Waals surface area contributed by atoms with Crippen molar-refractivity contribution >= 4 is 10.1 Å². The fourth-order valence-corrected chi connectivity index (χ4v) is 2.82. The van der Waals surface area contributed by atoms with Crippen LogP contribution in [0.4, 0.5) is 0 Å². The summed E-state index contributed by atoms with van der Waals surface area (Å²) in [5.41, 5.74) is 0. The van der Waals surface area contributed by atoms with Gasteiger partial charge < -0.3 is 5.11 Å². The lowest BCUT2D eigenvalue weighted by molar-refractivity contribution is 0.102. The Morgan fingerprint density at radius 1 is 1.18 bits per heavy atom. The molecule has 1 aliphatic carbocycles. The highest BCUT2D eigenvalue weighted by molar-refractivity contribution is 7.85. The van der Waals surface area contributed by atoms with Crippen LogP contribution in [0.1, 0.15) is 51.4 Å². The third-order valence-corrected chi connectivity index (χ3v) is 3.97. The van der Waals surface area contributed by atoms with Gasteiger partial charge in [0.25, 0.3) is 10.1 Å². The Labute approximate surface area is 103 Å². The summed E-state index contributed by atoms with van der Waals surface area (Å²) in [7, 11) is -3.85. The number of aliphatic hydroxyl groups is 1. The predicted octanol–water partition coefficient (Wildman–Crippen LogP) is 1.29. The molecule has 0 aliphatic heterocycles. The van der Waals surface area contributed by atoms with Crippen molar-refractivity contribution in [3.8, 4) is 0 Å². The summed E-state index contributed by atoms with van der Waals surface area (Å²) in [4.78, 5) is 0. The van der Waals surface area contributed by atoms with Crippen LogP contribution >= 0.6 is 0 Å². The normalized spacial score (nSPS) is 20.4. The highest BCUT2D eigenvalue weighted by atomic mass is 32.2. The lowest BCUT2D eigenvalue weighted by Crippen LogP contribution is -2.39. The van der Waals surface area contributed by atoms with Crippen LogP contribution in [-0.2, 0) is 10.1 Å². The van der Waals surface area contributed by atoms with E-state index in [2.05, 4.69) is 5.32 Å². The number of nitrogens with one attached hydrogen (secondary N) is 1. The maximum atomic E-state index is 10.5. The number of unbranched alkanes of at least 4 members (excludes halogenated alkanes) is 1. The van der Waals surface area contributed by atoms with Crippen molar-refractivity contribution in [2.75, 3.05) is 5.75 Å². The first kappa shape index (κ1) is 14.9. The summed E-state index contributed by atoms with van der Waals surface area (Å²) >= 11 is 0. The van der Waals surface area contributed by atoms with Gasteiger partial charge in [-0.3, -0.25) is 9.87 Å². The number of rotatable bonds is 7. The zero-order valence-corrected chi connectivity index (χ0v) is 11.0. The molecule has 0 aromatic rings. The van der Waals surface area contributed by atoms with Gasteiger partial charge in [0.1, 0.15) is 6.23 Å². The van der Waals surface area contributed by atoms with E-state index in [-0.39, 0.29) is 5.75 Å². The summed E-state index contributed by atoms with van der Waals surface area (Å²) in [6.45, 7) is 0. The Hall–Kier alpha value is -0.170. The maximum absolute atomic E-state index is 10.5. The minimum atomic E-state index is -3.85. The van der Waals surface area contributed by atoms with Crippen LogP contribution in [0.3, 0.4) is 0 Å². The molecule has 6 heteroatoms. The molecule has 1 rings (SSSR count). The molecular formula is C11H23NO4S. The quantitative estimate of drug-likeness (QED) is 0.367. The number of hydrogen-bond acceptors (Lipinski definition) is 4. The monoisotopic (exact) mass is 265 g/mol. The fourth-order valence-electron chi connectivity index (χ4n) is 2.25. The van der Waals surface area contributed by atoms with E-state index in [4.69, 9.17) is 4.55 Å². The predicted molar refractivity (Wildman–Crippen MR) is 66.3 cm³/mol. The van der Waals surface area contributed by atoms with Crippen molar-refractivity contribution < 1.29 is 18.1 Å². The van der Waals surface area contributed by atoms with Gasteiger partial charge in [-0.2, -0.15) is 8.42 Å². The molecule has 17 heavy (non-hydrogen) atoms. The highest BCUT2D eigenvalue weighted by Crippen LogP contribution is 2.18. The Morgan fingerprint density at radius 2 is 1.82 bits per heavy atom. The van der Waals surface area contributed by atoms with E-state index in [1.165, 1.54) is 19.3 Å². The number of hydrogen-bond donors (Lipinski definition) is 3. The summed E-state index contributed by atoms with van der Waals surface area (Å²) in [6, 6.07) is 0.403. The average Bonchev–Trinajstić information content (AvgIpc) is 2.25. The zero-order chi connectivity index (χ0) is 12.7. The fraction of sp³-hybridized carbons (Fsp3) is 1.00. The van der Waals surface area contributed by atoms with Crippen LogP contribution in [0.2, 0.25) is 0 Å². The lowest BCUT2D eigenvalue weighted by Gasteiger charge is -2.25. The Bertz CT molecular complexity index is 299. The SMILES string of the molecule is O=S(=O)(O)CCCCC(O)NC1CCCCC1. The summed E-state index contributed by atoms with van der Waals surface area (Å²) < 4.78 is 29.5. The Balaban J connectivity index is 2.06. The molecule has 0 saturated heterocycles. The smallest absolute Gasteiger partial charge is 0.264 e. The van der Waals surface area contributed by atoms with Crippen molar-refractivity contribution in [3.05, 3.63) is 0 Å². The molecule has 1 aliphatic rings. The van der Waals surface area contributed by atoms with Crippen LogP contribution in [-0.4, -0.2) is 36.1 Å². The van der Waals surface area contributed by atoms with E-state index in [0.29, 0.717) is 25.3 Å². The van der Waals surface area contributed by atoms with Gasteiger partial charge in [-0.25, -0.2) is 0 Å². The van der Waals surface area contributed by atoms with Crippen molar-refractivity contribution in [2.24, 2.45) is 0 Å². The molecule has 102 valence electrons. The second kappa shape index (κ2) is 7.31. The molecule has 0 spiro atoms. The third-order valence-electron chi connectivity index (χ3n) is 3.16. The standard InChI is InChI=1S/C11H23NO4S/c13-11(8-4-5-9-17(14,15)16)12-10-6-2-1-3-7-10/h10-13H,1-9H2,(H,14,15,16). The van der Waals surface area contributed by atoms with Gasteiger partial charge in [0.2, 0.25) is 0 Å². The molecule has 1 atom stereocenters. The Kier molecular flexibility index (Phi) is 6.40. The molecule has 5 nitrogen and oxygen atoms in total. The van der Waals surface area contributed by atoms with Crippen LogP contribution < -0.4 is 5.32 Å². The van der Waals surface area contributed by atoms with Crippen LogP contribution in [0.5, 0.6) is 0 Å². The molecule has 1 fully saturated rings. The van der Waals surface area contributed by atoms with Gasteiger partial charge >= 0.3 is 0 Å². The van der Waals surface area contributed by atoms with Gasteiger partial charge in [0, 0.05) is 6.04 Å². The summed E-state index contributed by atoms with van der Waals surface area (Å²) in [5.74, 6) is -0.219. The molecule has 0 radical (unpaired) electrons. The first-order chi connectivity index (χ1) is 7.97. The van der Waals surface area contributed by atoms with Crippen molar-refractivity contribution in [3.63, 3.8) is 0 Å². The number of aliphatic hydroxyl groups excluding tert-OH is 1. The van der Waals surface area contributed by atoms with Gasteiger partial charge in [-0.15, -0.1) is 0 Å². The second-order valence-corrected chi connectivity index (χ2v) is 6.37. The van der Waals surface area contributed by atoms with Gasteiger partial charge in [0.05, 0.1) is 5.75 Å². The van der Waals surface area contributed by atoms with Crippen LogP contribution in [0.15, 0.2) is 0 Å².